The zero-order valence-electron chi connectivity index (χ0n) is 12.9. The molecule has 2 aromatic rings. The Labute approximate surface area is 126 Å². The van der Waals surface area contributed by atoms with Gasteiger partial charge in [-0.25, -0.2) is 4.98 Å². The monoisotopic (exact) mass is 282 g/mol. The van der Waals surface area contributed by atoms with Crippen LogP contribution in [-0.2, 0) is 13.0 Å². The highest BCUT2D eigenvalue weighted by molar-refractivity contribution is 5.49. The van der Waals surface area contributed by atoms with Gasteiger partial charge in [0.1, 0.15) is 0 Å². The highest BCUT2D eigenvalue weighted by atomic mass is 15.2. The molecule has 1 aromatic heterocycles. The number of hydrogen-bond donors (Lipinski definition) is 1. The van der Waals surface area contributed by atoms with E-state index in [1.807, 2.05) is 27.1 Å². The molecule has 1 aliphatic heterocycles. The summed E-state index contributed by atoms with van der Waals surface area (Å²) in [6, 6.07) is 9.12. The molecule has 0 bridgehead atoms. The van der Waals surface area contributed by atoms with Crippen LogP contribution in [0.3, 0.4) is 0 Å². The topological polar surface area (TPSA) is 41.0 Å². The molecule has 1 aromatic carbocycles. The minimum Gasteiger partial charge on any atom is -0.346 e. The Morgan fingerprint density at radius 3 is 2.76 bits per heavy atom. The van der Waals surface area contributed by atoms with Crippen LogP contribution in [0.4, 0.5) is 5.82 Å². The van der Waals surface area contributed by atoms with Crippen LogP contribution in [0.1, 0.15) is 22.5 Å². The lowest BCUT2D eigenvalue weighted by molar-refractivity contribution is 0.521. The normalized spacial score (nSPS) is 17.7. The second-order valence-electron chi connectivity index (χ2n) is 5.73. The van der Waals surface area contributed by atoms with E-state index in [0.29, 0.717) is 6.04 Å². The molecule has 0 aliphatic carbocycles. The highest BCUT2D eigenvalue weighted by Gasteiger charge is 2.27. The molecule has 0 saturated carbocycles. The zero-order chi connectivity index (χ0) is 14.8. The van der Waals surface area contributed by atoms with E-state index in [2.05, 4.69) is 39.5 Å². The van der Waals surface area contributed by atoms with Crippen LogP contribution in [-0.4, -0.2) is 29.6 Å². The molecule has 0 saturated heterocycles. The number of nitrogens with one attached hydrogen (secondary N) is 1. The van der Waals surface area contributed by atoms with Crippen molar-refractivity contribution in [2.45, 2.75) is 32.9 Å². The maximum absolute atomic E-state index is 4.74. The summed E-state index contributed by atoms with van der Waals surface area (Å²) in [6.07, 6.45) is 2.88. The molecule has 1 aliphatic rings. The molecule has 0 fully saturated rings. The summed E-state index contributed by atoms with van der Waals surface area (Å²) < 4.78 is 0. The molecule has 0 spiro atoms. The van der Waals surface area contributed by atoms with E-state index < -0.39 is 0 Å². The molecule has 110 valence electrons. The third kappa shape index (κ3) is 2.76. The van der Waals surface area contributed by atoms with Crippen LogP contribution in [0.15, 0.2) is 30.5 Å². The van der Waals surface area contributed by atoms with Crippen LogP contribution in [0.5, 0.6) is 0 Å². The molecule has 0 radical (unpaired) electrons. The van der Waals surface area contributed by atoms with Crippen molar-refractivity contribution in [3.8, 4) is 0 Å². The molecule has 1 atom stereocenters. The first-order chi connectivity index (χ1) is 10.2. The van der Waals surface area contributed by atoms with Crippen molar-refractivity contribution in [1.29, 1.82) is 0 Å². The molecular formula is C17H22N4. The molecular weight excluding hydrogens is 260 g/mol. The molecule has 1 N–H and O–H groups in total. The van der Waals surface area contributed by atoms with Crippen LogP contribution in [0.2, 0.25) is 0 Å². The smallest absolute Gasteiger partial charge is 0.150 e. The summed E-state index contributed by atoms with van der Waals surface area (Å²) in [5.41, 5.74) is 4.82. The molecule has 3 rings (SSSR count). The first-order valence-electron chi connectivity index (χ1n) is 7.47. The van der Waals surface area contributed by atoms with Gasteiger partial charge in [-0.1, -0.05) is 24.3 Å². The number of nitrogens with zero attached hydrogens (tertiary/aromatic N) is 3. The van der Waals surface area contributed by atoms with Gasteiger partial charge in [0.15, 0.2) is 5.82 Å². The van der Waals surface area contributed by atoms with E-state index in [4.69, 9.17) is 4.98 Å². The summed E-state index contributed by atoms with van der Waals surface area (Å²) in [5.74, 6) is 1.02. The lowest BCUT2D eigenvalue weighted by atomic mass is 9.93. The summed E-state index contributed by atoms with van der Waals surface area (Å²) in [7, 11) is 2.01. The standard InChI is InChI=1S/C17H22N4/c1-12-9-19-13(2)17(20-12)21-11-15-7-5-4-6-14(15)8-16(21)10-18-3/h4-7,9,16,18H,8,10-11H2,1-3H3. The third-order valence-electron chi connectivity index (χ3n) is 4.12. The van der Waals surface area contributed by atoms with Gasteiger partial charge in [0.25, 0.3) is 0 Å². The van der Waals surface area contributed by atoms with Gasteiger partial charge in [-0.3, -0.25) is 4.98 Å². The van der Waals surface area contributed by atoms with Gasteiger partial charge in [0.05, 0.1) is 11.4 Å². The van der Waals surface area contributed by atoms with Gasteiger partial charge in [0.2, 0.25) is 0 Å². The van der Waals surface area contributed by atoms with Crippen molar-refractivity contribution in [1.82, 2.24) is 15.3 Å². The predicted octanol–water partition coefficient (Wildman–Crippen LogP) is 2.24. The fourth-order valence-corrected chi connectivity index (χ4v) is 3.05. The SMILES string of the molecule is CNCC1Cc2ccccc2CN1c1nc(C)cnc1C. The van der Waals surface area contributed by atoms with Crippen LogP contribution in [0, 0.1) is 13.8 Å². The first-order valence-corrected chi connectivity index (χ1v) is 7.47. The van der Waals surface area contributed by atoms with Gasteiger partial charge in [-0.15, -0.1) is 0 Å². The fourth-order valence-electron chi connectivity index (χ4n) is 3.05. The number of aromatic nitrogens is 2. The van der Waals surface area contributed by atoms with Crippen molar-refractivity contribution < 1.29 is 0 Å². The maximum Gasteiger partial charge on any atom is 0.150 e. The number of likely N-dealkylation sites (N-methyl/N-ethyl adjacent to an activating group) is 1. The fraction of sp³-hybridized carbons (Fsp3) is 0.412. The minimum absolute atomic E-state index is 0.416. The molecule has 4 heteroatoms. The number of anilines is 1. The van der Waals surface area contributed by atoms with E-state index in [1.165, 1.54) is 11.1 Å². The highest BCUT2D eigenvalue weighted by Crippen LogP contribution is 2.28. The van der Waals surface area contributed by atoms with Crippen molar-refractivity contribution >= 4 is 5.82 Å². The van der Waals surface area contributed by atoms with Gasteiger partial charge < -0.3 is 10.2 Å². The first kappa shape index (κ1) is 14.0. The van der Waals surface area contributed by atoms with Crippen molar-refractivity contribution in [2.24, 2.45) is 0 Å². The second-order valence-corrected chi connectivity index (χ2v) is 5.73. The summed E-state index contributed by atoms with van der Waals surface area (Å²) >= 11 is 0. The Balaban J connectivity index is 2.01. The number of benzene rings is 1. The molecule has 4 nitrogen and oxygen atoms in total. The van der Waals surface area contributed by atoms with Gasteiger partial charge in [-0.05, 0) is 38.4 Å². The lowest BCUT2D eigenvalue weighted by Crippen LogP contribution is -2.46. The van der Waals surface area contributed by atoms with E-state index in [0.717, 1.165) is 36.7 Å². The van der Waals surface area contributed by atoms with E-state index in [9.17, 15) is 0 Å². The van der Waals surface area contributed by atoms with Crippen LogP contribution < -0.4 is 10.2 Å². The third-order valence-corrected chi connectivity index (χ3v) is 4.12. The van der Waals surface area contributed by atoms with Crippen molar-refractivity contribution in [3.63, 3.8) is 0 Å². The maximum atomic E-state index is 4.74. The lowest BCUT2D eigenvalue weighted by Gasteiger charge is -2.38. The largest absolute Gasteiger partial charge is 0.346 e. The predicted molar refractivity (Wildman–Crippen MR) is 85.5 cm³/mol. The quantitative estimate of drug-likeness (QED) is 0.937. The second kappa shape index (κ2) is 5.82. The summed E-state index contributed by atoms with van der Waals surface area (Å²) in [4.78, 5) is 11.6. The van der Waals surface area contributed by atoms with E-state index in [1.54, 1.807) is 0 Å². The van der Waals surface area contributed by atoms with Crippen molar-refractivity contribution in [3.05, 3.63) is 53.0 Å². The molecule has 0 amide bonds. The number of aryl methyl sites for hydroxylation is 2. The van der Waals surface area contributed by atoms with E-state index >= 15 is 0 Å². The Kier molecular flexibility index (Phi) is 3.88. The van der Waals surface area contributed by atoms with Gasteiger partial charge in [0, 0.05) is 25.3 Å². The van der Waals surface area contributed by atoms with Crippen molar-refractivity contribution in [2.75, 3.05) is 18.5 Å². The Morgan fingerprint density at radius 1 is 1.24 bits per heavy atom. The van der Waals surface area contributed by atoms with Crippen LogP contribution in [0.25, 0.3) is 0 Å². The Hall–Kier alpha value is -1.94. The van der Waals surface area contributed by atoms with Crippen LogP contribution >= 0.6 is 0 Å². The average molecular weight is 282 g/mol. The number of rotatable bonds is 3. The number of hydrogen-bond acceptors (Lipinski definition) is 4. The zero-order valence-corrected chi connectivity index (χ0v) is 12.9. The van der Waals surface area contributed by atoms with E-state index in [-0.39, 0.29) is 0 Å². The summed E-state index contributed by atoms with van der Waals surface area (Å²) in [5, 5.41) is 3.31. The molecule has 21 heavy (non-hydrogen) atoms. The average Bonchev–Trinajstić information content (AvgIpc) is 2.49. The Bertz CT molecular complexity index is 638. The molecule has 2 heterocycles. The van der Waals surface area contributed by atoms with Gasteiger partial charge in [-0.2, -0.15) is 0 Å². The Morgan fingerprint density at radius 2 is 2.00 bits per heavy atom. The molecule has 1 unspecified atom stereocenters. The number of fused-ring (bicyclic) bond motifs is 1. The summed E-state index contributed by atoms with van der Waals surface area (Å²) in [6.45, 7) is 5.89. The minimum atomic E-state index is 0.416. The van der Waals surface area contributed by atoms with Gasteiger partial charge >= 0.3 is 0 Å².